The van der Waals surface area contributed by atoms with E-state index in [9.17, 15) is 20.1 Å². The molecule has 5 nitrogen and oxygen atoms in total. The molecule has 0 fully saturated rings. The lowest BCUT2D eigenvalue weighted by atomic mass is 10.0. The molecule has 0 aliphatic rings. The smallest absolute Gasteiger partial charge is 0.222 e. The molecule has 0 aromatic heterocycles. The van der Waals surface area contributed by atoms with Crippen LogP contribution in [-0.2, 0) is 4.79 Å². The maximum Gasteiger partial charge on any atom is 0.222 e. The van der Waals surface area contributed by atoms with Gasteiger partial charge in [0.15, 0.2) is 0 Å². The Morgan fingerprint density at radius 1 is 0.419 bits per heavy atom. The van der Waals surface area contributed by atoms with Crippen molar-refractivity contribution in [3.63, 3.8) is 0 Å². The van der Waals surface area contributed by atoms with Crippen LogP contribution in [0.25, 0.3) is 0 Å². The molecule has 5 heteroatoms. The van der Waals surface area contributed by atoms with Crippen LogP contribution in [0.5, 0.6) is 0 Å². The van der Waals surface area contributed by atoms with Gasteiger partial charge in [0.05, 0.1) is 31.3 Å². The van der Waals surface area contributed by atoms with Gasteiger partial charge in [-0.3, -0.25) is 4.79 Å². The molecule has 0 radical (unpaired) electrons. The van der Waals surface area contributed by atoms with Crippen molar-refractivity contribution in [1.82, 2.24) is 5.32 Å². The molecule has 364 valence electrons. The van der Waals surface area contributed by atoms with Crippen molar-refractivity contribution < 1.29 is 20.1 Å². The Labute approximate surface area is 387 Å². The number of hydrogen-bond acceptors (Lipinski definition) is 4. The number of aliphatic hydroxyl groups excluding tert-OH is 3. The van der Waals surface area contributed by atoms with Crippen LogP contribution in [0.4, 0.5) is 0 Å². The summed E-state index contributed by atoms with van der Waals surface area (Å²) in [5.41, 5.74) is 0. The van der Waals surface area contributed by atoms with E-state index in [0.29, 0.717) is 6.42 Å². The lowest BCUT2D eigenvalue weighted by molar-refractivity contribution is -0.124. The van der Waals surface area contributed by atoms with E-state index in [1.54, 1.807) is 6.08 Å². The molecule has 0 aromatic carbocycles. The third-order valence-electron chi connectivity index (χ3n) is 12.6. The average Bonchev–Trinajstić information content (AvgIpc) is 3.27. The summed E-state index contributed by atoms with van der Waals surface area (Å²) >= 11 is 0. The molecule has 0 spiro atoms. The zero-order chi connectivity index (χ0) is 45.1. The highest BCUT2D eigenvalue weighted by molar-refractivity contribution is 5.76. The summed E-state index contributed by atoms with van der Waals surface area (Å²) in [6.07, 6.45) is 68.6. The monoisotopic (exact) mass is 870 g/mol. The summed E-state index contributed by atoms with van der Waals surface area (Å²) in [4.78, 5) is 12.5. The molecule has 4 N–H and O–H groups in total. The van der Waals surface area contributed by atoms with Gasteiger partial charge in [-0.2, -0.15) is 0 Å². The van der Waals surface area contributed by atoms with Crippen molar-refractivity contribution in [1.29, 1.82) is 0 Å². The Kier molecular flexibility index (Phi) is 50.5. The molecule has 0 aromatic rings. The normalized spacial score (nSPS) is 13.7. The van der Waals surface area contributed by atoms with Crippen LogP contribution >= 0.6 is 0 Å². The van der Waals surface area contributed by atoms with Crippen molar-refractivity contribution in [2.24, 2.45) is 0 Å². The van der Waals surface area contributed by atoms with Crippen LogP contribution < -0.4 is 5.32 Å². The van der Waals surface area contributed by atoms with Gasteiger partial charge in [-0.05, 0) is 64.2 Å². The molecule has 3 atom stereocenters. The topological polar surface area (TPSA) is 89.8 Å². The number of carbonyl (C=O) groups is 1. The third-order valence-corrected chi connectivity index (χ3v) is 12.6. The molecule has 0 heterocycles. The van der Waals surface area contributed by atoms with Crippen molar-refractivity contribution >= 4 is 5.91 Å². The van der Waals surface area contributed by atoms with Gasteiger partial charge in [0.25, 0.3) is 0 Å². The first-order chi connectivity index (χ1) is 30.5. The van der Waals surface area contributed by atoms with Gasteiger partial charge >= 0.3 is 0 Å². The highest BCUT2D eigenvalue weighted by atomic mass is 16.3. The van der Waals surface area contributed by atoms with E-state index in [2.05, 4.69) is 55.6 Å². The SMILES string of the molecule is CCCCCCCCCCC/C=C\C/C=C\CCCCCCCCCCCCCC(O)CC(=O)NC(CO)C(O)/C=C/CC/C=C/CCCCCCCCCCCCCCCC. The maximum absolute atomic E-state index is 12.5. The highest BCUT2D eigenvalue weighted by Crippen LogP contribution is 2.16. The molecule has 0 saturated carbocycles. The third kappa shape index (κ3) is 47.8. The van der Waals surface area contributed by atoms with Crippen molar-refractivity contribution in [3.05, 3.63) is 48.6 Å². The second-order valence-electron chi connectivity index (χ2n) is 18.8. The molecule has 0 rings (SSSR count). The summed E-state index contributed by atoms with van der Waals surface area (Å²) in [7, 11) is 0. The highest BCUT2D eigenvalue weighted by Gasteiger charge is 2.20. The molecule has 1 amide bonds. The predicted octanol–water partition coefficient (Wildman–Crippen LogP) is 16.8. The van der Waals surface area contributed by atoms with E-state index in [1.165, 1.54) is 218 Å². The second-order valence-corrected chi connectivity index (χ2v) is 18.8. The Hall–Kier alpha value is -1.69. The van der Waals surface area contributed by atoms with Crippen molar-refractivity contribution in [2.75, 3.05) is 6.61 Å². The molecule has 62 heavy (non-hydrogen) atoms. The Morgan fingerprint density at radius 3 is 1.13 bits per heavy atom. The van der Waals surface area contributed by atoms with E-state index in [-0.39, 0.29) is 18.9 Å². The zero-order valence-electron chi connectivity index (χ0n) is 41.5. The number of hydrogen-bond donors (Lipinski definition) is 4. The number of allylic oxidation sites excluding steroid dienone is 7. The summed E-state index contributed by atoms with van der Waals surface area (Å²) in [5.74, 6) is -0.325. The molecule has 0 saturated heterocycles. The molecule has 0 bridgehead atoms. The molecule has 0 aliphatic carbocycles. The van der Waals surface area contributed by atoms with Crippen LogP contribution in [0.3, 0.4) is 0 Å². The van der Waals surface area contributed by atoms with Gasteiger partial charge in [-0.1, -0.05) is 262 Å². The molecular formula is C57H107NO4. The minimum absolute atomic E-state index is 0.00411. The van der Waals surface area contributed by atoms with Gasteiger partial charge in [0, 0.05) is 0 Å². The van der Waals surface area contributed by atoms with Crippen LogP contribution in [0.2, 0.25) is 0 Å². The minimum Gasteiger partial charge on any atom is -0.394 e. The van der Waals surface area contributed by atoms with Gasteiger partial charge in [0.2, 0.25) is 5.91 Å². The molecular weight excluding hydrogens is 763 g/mol. The Balaban J connectivity index is 3.62. The lowest BCUT2D eigenvalue weighted by Crippen LogP contribution is -2.45. The predicted molar refractivity (Wildman–Crippen MR) is 273 cm³/mol. The number of amides is 1. The lowest BCUT2D eigenvalue weighted by Gasteiger charge is -2.21. The molecule has 0 aliphatic heterocycles. The summed E-state index contributed by atoms with van der Waals surface area (Å²) < 4.78 is 0. The maximum atomic E-state index is 12.5. The van der Waals surface area contributed by atoms with Crippen molar-refractivity contribution in [2.45, 2.75) is 302 Å². The summed E-state index contributed by atoms with van der Waals surface area (Å²) in [6, 6.07) is -0.763. The van der Waals surface area contributed by atoms with E-state index in [0.717, 1.165) is 38.5 Å². The van der Waals surface area contributed by atoms with E-state index in [4.69, 9.17) is 0 Å². The fourth-order valence-electron chi connectivity index (χ4n) is 8.39. The fourth-order valence-corrected chi connectivity index (χ4v) is 8.39. The van der Waals surface area contributed by atoms with Gasteiger partial charge in [-0.25, -0.2) is 0 Å². The second kappa shape index (κ2) is 51.9. The first kappa shape index (κ1) is 60.3. The van der Waals surface area contributed by atoms with Gasteiger partial charge in [-0.15, -0.1) is 0 Å². The molecule has 3 unspecified atom stereocenters. The van der Waals surface area contributed by atoms with E-state index < -0.39 is 18.2 Å². The largest absolute Gasteiger partial charge is 0.394 e. The number of nitrogens with one attached hydrogen (secondary N) is 1. The van der Waals surface area contributed by atoms with Crippen LogP contribution in [0.15, 0.2) is 48.6 Å². The Bertz CT molecular complexity index is 1000. The standard InChI is InChI=1S/C57H107NO4/c1-3-5-7-9-11-13-15-17-19-21-23-25-26-27-28-29-30-31-32-34-36-38-40-42-44-46-48-50-54(60)52-57(62)58-55(53-59)56(61)51-49-47-45-43-41-39-37-35-33-24-22-20-18-16-14-12-10-8-6-4-2/h23,25,27-28,41,43,49,51,54-56,59-61H,3-22,24,26,29-40,42,44-48,50,52-53H2,1-2H3,(H,58,62)/b25-23-,28-27-,43-41+,51-49+. The van der Waals surface area contributed by atoms with Gasteiger partial charge in [0.1, 0.15) is 0 Å². The first-order valence-corrected chi connectivity index (χ1v) is 27.4. The van der Waals surface area contributed by atoms with E-state index in [1.807, 2.05) is 6.08 Å². The number of carbonyl (C=O) groups excluding carboxylic acids is 1. The Morgan fingerprint density at radius 2 is 0.742 bits per heavy atom. The van der Waals surface area contributed by atoms with Crippen LogP contribution in [-0.4, -0.2) is 46.1 Å². The number of aliphatic hydroxyl groups is 3. The first-order valence-electron chi connectivity index (χ1n) is 27.4. The van der Waals surface area contributed by atoms with Crippen LogP contribution in [0, 0.1) is 0 Å². The summed E-state index contributed by atoms with van der Waals surface area (Å²) in [5, 5.41) is 33.4. The van der Waals surface area contributed by atoms with Gasteiger partial charge < -0.3 is 20.6 Å². The van der Waals surface area contributed by atoms with Crippen LogP contribution in [0.1, 0.15) is 284 Å². The quantitative estimate of drug-likeness (QED) is 0.0362. The van der Waals surface area contributed by atoms with Crippen molar-refractivity contribution in [3.8, 4) is 0 Å². The zero-order valence-corrected chi connectivity index (χ0v) is 41.5. The summed E-state index contributed by atoms with van der Waals surface area (Å²) in [6.45, 7) is 4.22. The fraction of sp³-hybridized carbons (Fsp3) is 0.842. The average molecular weight is 870 g/mol. The number of unbranched alkanes of at least 4 members (excludes halogenated alkanes) is 35. The van der Waals surface area contributed by atoms with E-state index >= 15 is 0 Å². The minimum atomic E-state index is -0.954. The number of rotatable bonds is 50.